The molecular weight excluding hydrogens is 506 g/mol. The van der Waals surface area contributed by atoms with E-state index in [0.29, 0.717) is 5.69 Å². The van der Waals surface area contributed by atoms with Gasteiger partial charge in [0.2, 0.25) is 11.8 Å². The van der Waals surface area contributed by atoms with Crippen LogP contribution in [-0.4, -0.2) is 37.7 Å². The maximum absolute atomic E-state index is 13.5. The molecule has 3 N–H and O–H groups in total. The molecule has 1 amide bonds. The minimum Gasteiger partial charge on any atom is -0.480 e. The molecule has 186 valence electrons. The normalized spacial score (nSPS) is 11.4. The third-order valence-electron chi connectivity index (χ3n) is 4.94. The van der Waals surface area contributed by atoms with Crippen molar-refractivity contribution in [1.29, 1.82) is 0 Å². The Hall–Kier alpha value is -4.26. The summed E-state index contributed by atoms with van der Waals surface area (Å²) in [5, 5.41) is 6.33. The molecule has 0 atom stereocenters. The third kappa shape index (κ3) is 4.91. The van der Waals surface area contributed by atoms with Crippen molar-refractivity contribution in [1.82, 2.24) is 24.7 Å². The van der Waals surface area contributed by atoms with Crippen LogP contribution in [0.15, 0.2) is 42.7 Å². The molecular formula is C22H16ClF4N7O2. The highest BCUT2D eigenvalue weighted by Crippen LogP contribution is 2.33. The molecule has 0 aliphatic carbocycles. The quantitative estimate of drug-likeness (QED) is 0.353. The summed E-state index contributed by atoms with van der Waals surface area (Å²) in [5.74, 6) is -1.60. The summed E-state index contributed by atoms with van der Waals surface area (Å²) in [7, 11) is 1.30. The predicted molar refractivity (Wildman–Crippen MR) is 122 cm³/mol. The van der Waals surface area contributed by atoms with Crippen LogP contribution in [0.1, 0.15) is 21.7 Å². The molecule has 0 aliphatic heterocycles. The molecule has 1 aromatic carbocycles. The fraction of sp³-hybridized carbons (Fsp3) is 0.136. The summed E-state index contributed by atoms with van der Waals surface area (Å²) in [5.41, 5.74) is 5.13. The number of anilines is 2. The predicted octanol–water partition coefficient (Wildman–Crippen LogP) is 4.70. The van der Waals surface area contributed by atoms with Crippen LogP contribution >= 0.6 is 11.6 Å². The number of amides is 1. The summed E-state index contributed by atoms with van der Waals surface area (Å²) in [4.78, 5) is 24.5. The number of carbonyl (C=O) groups excluding carboxylic acids is 1. The lowest BCUT2D eigenvalue weighted by atomic mass is 10.1. The smallest absolute Gasteiger partial charge is 0.435 e. The standard InChI is InChI=1S/C22H16ClF4N7O2/c1-10-5-17(22(25,26)27)33-34(10)19-14(11-6-13(18(28)35)20(36-2)29-8-11)9-30-21(32-19)31-12-3-4-16(24)15(23)7-12/h3-9H,1-2H3,(H2,28,35)(H,30,31,32). The lowest BCUT2D eigenvalue weighted by molar-refractivity contribution is -0.141. The number of alkyl halides is 3. The number of ether oxygens (including phenoxy) is 1. The molecule has 3 aromatic heterocycles. The number of nitrogens with zero attached hydrogens (tertiary/aromatic N) is 5. The first-order chi connectivity index (χ1) is 17.0. The largest absolute Gasteiger partial charge is 0.480 e. The third-order valence-corrected chi connectivity index (χ3v) is 5.23. The Labute approximate surface area is 205 Å². The van der Waals surface area contributed by atoms with Crippen molar-refractivity contribution in [2.75, 3.05) is 12.4 Å². The number of aromatic nitrogens is 5. The van der Waals surface area contributed by atoms with Gasteiger partial charge in [-0.1, -0.05) is 11.6 Å². The minimum atomic E-state index is -4.70. The number of aryl methyl sites for hydroxylation is 1. The zero-order valence-corrected chi connectivity index (χ0v) is 19.3. The van der Waals surface area contributed by atoms with E-state index in [2.05, 4.69) is 25.4 Å². The number of hydrogen-bond donors (Lipinski definition) is 2. The molecule has 14 heteroatoms. The molecule has 0 fully saturated rings. The van der Waals surface area contributed by atoms with E-state index in [0.717, 1.165) is 16.8 Å². The number of carbonyl (C=O) groups is 1. The van der Waals surface area contributed by atoms with Gasteiger partial charge in [0.15, 0.2) is 11.5 Å². The van der Waals surface area contributed by atoms with E-state index in [-0.39, 0.29) is 45.1 Å². The van der Waals surface area contributed by atoms with Crippen molar-refractivity contribution in [3.05, 3.63) is 70.5 Å². The van der Waals surface area contributed by atoms with Crippen molar-refractivity contribution in [2.45, 2.75) is 13.1 Å². The molecule has 0 radical (unpaired) electrons. The number of rotatable bonds is 6. The molecule has 4 rings (SSSR count). The van der Waals surface area contributed by atoms with Gasteiger partial charge in [0.25, 0.3) is 5.91 Å². The van der Waals surface area contributed by atoms with Gasteiger partial charge in [0, 0.05) is 34.9 Å². The number of nitrogens with one attached hydrogen (secondary N) is 1. The van der Waals surface area contributed by atoms with Crippen LogP contribution in [0.2, 0.25) is 5.02 Å². The monoisotopic (exact) mass is 521 g/mol. The van der Waals surface area contributed by atoms with Crippen molar-refractivity contribution < 1.29 is 27.1 Å². The molecule has 0 aliphatic rings. The summed E-state index contributed by atoms with van der Waals surface area (Å²) in [6.07, 6.45) is -2.07. The van der Waals surface area contributed by atoms with Crippen molar-refractivity contribution >= 4 is 29.1 Å². The van der Waals surface area contributed by atoms with Crippen LogP contribution in [-0.2, 0) is 6.18 Å². The van der Waals surface area contributed by atoms with E-state index in [1.54, 1.807) is 0 Å². The Morgan fingerprint density at radius 2 is 1.92 bits per heavy atom. The summed E-state index contributed by atoms with van der Waals surface area (Å²) < 4.78 is 59.6. The van der Waals surface area contributed by atoms with Crippen LogP contribution < -0.4 is 15.8 Å². The first kappa shape index (κ1) is 24.9. The van der Waals surface area contributed by atoms with Crippen molar-refractivity contribution in [3.63, 3.8) is 0 Å². The Morgan fingerprint density at radius 1 is 1.17 bits per heavy atom. The van der Waals surface area contributed by atoms with Gasteiger partial charge in [-0.3, -0.25) is 4.79 Å². The Kier molecular flexibility index (Phi) is 6.50. The van der Waals surface area contributed by atoms with E-state index in [1.807, 2.05) is 0 Å². The van der Waals surface area contributed by atoms with E-state index >= 15 is 0 Å². The number of nitrogens with two attached hydrogens (primary N) is 1. The lowest BCUT2D eigenvalue weighted by Gasteiger charge is -2.14. The fourth-order valence-electron chi connectivity index (χ4n) is 3.27. The number of halogens is 5. The second-order valence-electron chi connectivity index (χ2n) is 7.41. The molecule has 36 heavy (non-hydrogen) atoms. The van der Waals surface area contributed by atoms with Gasteiger partial charge < -0.3 is 15.8 Å². The summed E-state index contributed by atoms with van der Waals surface area (Å²) in [6.45, 7) is 1.42. The highest BCUT2D eigenvalue weighted by atomic mass is 35.5. The van der Waals surface area contributed by atoms with Crippen LogP contribution in [0.3, 0.4) is 0 Å². The minimum absolute atomic E-state index is 0.0326. The first-order valence-electron chi connectivity index (χ1n) is 10.1. The number of methoxy groups -OCH3 is 1. The molecule has 0 unspecified atom stereocenters. The molecule has 3 heterocycles. The van der Waals surface area contributed by atoms with Gasteiger partial charge in [-0.15, -0.1) is 0 Å². The number of benzene rings is 1. The highest BCUT2D eigenvalue weighted by molar-refractivity contribution is 6.31. The van der Waals surface area contributed by atoms with Gasteiger partial charge in [-0.25, -0.2) is 19.0 Å². The summed E-state index contributed by atoms with van der Waals surface area (Å²) in [6, 6.07) is 6.01. The number of hydrogen-bond acceptors (Lipinski definition) is 7. The average molecular weight is 522 g/mol. The van der Waals surface area contributed by atoms with E-state index in [1.165, 1.54) is 44.6 Å². The van der Waals surface area contributed by atoms with Gasteiger partial charge in [-0.05, 0) is 37.3 Å². The molecule has 0 saturated carbocycles. The van der Waals surface area contributed by atoms with E-state index < -0.39 is 23.6 Å². The van der Waals surface area contributed by atoms with E-state index in [4.69, 9.17) is 22.1 Å². The fourth-order valence-corrected chi connectivity index (χ4v) is 3.45. The zero-order chi connectivity index (χ0) is 26.2. The maximum atomic E-state index is 13.5. The second kappa shape index (κ2) is 9.41. The topological polar surface area (TPSA) is 121 Å². The van der Waals surface area contributed by atoms with Crippen LogP contribution in [0, 0.1) is 12.7 Å². The van der Waals surface area contributed by atoms with Crippen LogP contribution in [0.4, 0.5) is 29.2 Å². The maximum Gasteiger partial charge on any atom is 0.435 e. The van der Waals surface area contributed by atoms with Gasteiger partial charge in [-0.2, -0.15) is 23.3 Å². The Bertz CT molecular complexity index is 1470. The molecule has 9 nitrogen and oxygen atoms in total. The molecule has 4 aromatic rings. The molecule has 0 saturated heterocycles. The molecule has 0 bridgehead atoms. The number of primary amides is 1. The Balaban J connectivity index is 1.89. The highest BCUT2D eigenvalue weighted by Gasteiger charge is 2.35. The summed E-state index contributed by atoms with van der Waals surface area (Å²) >= 11 is 5.81. The number of pyridine rings is 1. The van der Waals surface area contributed by atoms with E-state index in [9.17, 15) is 22.4 Å². The van der Waals surface area contributed by atoms with Crippen molar-refractivity contribution in [2.24, 2.45) is 5.73 Å². The van der Waals surface area contributed by atoms with Gasteiger partial charge in [0.05, 0.1) is 12.1 Å². The van der Waals surface area contributed by atoms with Crippen LogP contribution in [0.5, 0.6) is 5.88 Å². The lowest BCUT2D eigenvalue weighted by Crippen LogP contribution is -2.14. The first-order valence-corrected chi connectivity index (χ1v) is 10.4. The molecule has 0 spiro atoms. The van der Waals surface area contributed by atoms with Gasteiger partial charge >= 0.3 is 6.18 Å². The van der Waals surface area contributed by atoms with Gasteiger partial charge in [0.1, 0.15) is 11.4 Å². The average Bonchev–Trinajstić information content (AvgIpc) is 3.23. The Morgan fingerprint density at radius 3 is 2.53 bits per heavy atom. The second-order valence-corrected chi connectivity index (χ2v) is 7.82. The van der Waals surface area contributed by atoms with Crippen LogP contribution in [0.25, 0.3) is 16.9 Å². The van der Waals surface area contributed by atoms with Crippen molar-refractivity contribution in [3.8, 4) is 22.8 Å². The zero-order valence-electron chi connectivity index (χ0n) is 18.6. The SMILES string of the molecule is COc1ncc(-c2cnc(Nc3ccc(F)c(Cl)c3)nc2-n2nc(C(F)(F)F)cc2C)cc1C(N)=O.